The summed E-state index contributed by atoms with van der Waals surface area (Å²) < 4.78 is 6.14. The van der Waals surface area contributed by atoms with Crippen molar-refractivity contribution in [2.75, 3.05) is 6.54 Å². The number of nitrogens with two attached hydrogens (primary N) is 1. The van der Waals surface area contributed by atoms with E-state index in [0.717, 1.165) is 22.3 Å². The van der Waals surface area contributed by atoms with Crippen LogP contribution < -0.4 is 10.5 Å². The van der Waals surface area contributed by atoms with Crippen molar-refractivity contribution in [1.82, 2.24) is 10.2 Å². The molecule has 0 fully saturated rings. The van der Waals surface area contributed by atoms with Crippen molar-refractivity contribution < 1.29 is 9.84 Å². The Hall–Kier alpha value is -4.05. The van der Waals surface area contributed by atoms with Gasteiger partial charge in [0, 0.05) is 23.7 Å². The van der Waals surface area contributed by atoms with Gasteiger partial charge < -0.3 is 15.6 Å². The molecule has 3 N–H and O–H groups in total. The number of rotatable bonds is 6. The Morgan fingerprint density at radius 1 is 0.968 bits per heavy atom. The Bertz CT molecular complexity index is 1220. The maximum atomic E-state index is 9.93. The molecule has 1 atom stereocenters. The maximum absolute atomic E-state index is 9.93. The van der Waals surface area contributed by atoms with Gasteiger partial charge in [-0.25, -0.2) is 0 Å². The summed E-state index contributed by atoms with van der Waals surface area (Å²) in [6.07, 6.45) is 0.834. The predicted octanol–water partition coefficient (Wildman–Crippen LogP) is 4.47. The molecule has 152 valence electrons. The second-order valence-corrected chi connectivity index (χ2v) is 6.94. The normalized spacial score (nSPS) is 11.5. The van der Waals surface area contributed by atoms with Crippen molar-refractivity contribution in [3.63, 3.8) is 0 Å². The van der Waals surface area contributed by atoms with Gasteiger partial charge in [-0.2, -0.15) is 15.5 Å². The predicted molar refractivity (Wildman–Crippen MR) is 118 cm³/mol. The number of benzene rings is 3. The van der Waals surface area contributed by atoms with Crippen LogP contribution in [0.5, 0.6) is 11.5 Å². The summed E-state index contributed by atoms with van der Waals surface area (Å²) in [4.78, 5) is 0. The van der Waals surface area contributed by atoms with Crippen LogP contribution in [0, 0.1) is 11.3 Å². The summed E-state index contributed by atoms with van der Waals surface area (Å²) in [5.74, 6) is 1.04. The third-order valence-corrected chi connectivity index (χ3v) is 4.87. The molecule has 1 unspecified atom stereocenters. The van der Waals surface area contributed by atoms with Crippen molar-refractivity contribution in [3.05, 3.63) is 96.2 Å². The van der Waals surface area contributed by atoms with E-state index in [0.29, 0.717) is 22.8 Å². The SMILES string of the molecule is N#Cc1ccc(-c2ccc(C(O)CN)cc2)c(Oc2cnnc(-c3ccccc3)c2)c1. The lowest BCUT2D eigenvalue weighted by Crippen LogP contribution is -2.11. The van der Waals surface area contributed by atoms with E-state index in [9.17, 15) is 10.4 Å². The van der Waals surface area contributed by atoms with Crippen molar-refractivity contribution in [3.8, 4) is 40.0 Å². The minimum Gasteiger partial charge on any atom is -0.455 e. The van der Waals surface area contributed by atoms with E-state index in [1.165, 1.54) is 6.20 Å². The molecule has 1 aromatic heterocycles. The number of aliphatic hydroxyl groups excluding tert-OH is 1. The topological polar surface area (TPSA) is 105 Å². The third-order valence-electron chi connectivity index (χ3n) is 4.87. The number of aliphatic hydroxyl groups is 1. The van der Waals surface area contributed by atoms with Gasteiger partial charge in [0.25, 0.3) is 0 Å². The molecule has 6 heteroatoms. The monoisotopic (exact) mass is 408 g/mol. The molecular formula is C25H20N4O2. The highest BCUT2D eigenvalue weighted by Crippen LogP contribution is 2.35. The number of aromatic nitrogens is 2. The second kappa shape index (κ2) is 9.18. The van der Waals surface area contributed by atoms with Crippen LogP contribution in [0.25, 0.3) is 22.4 Å². The smallest absolute Gasteiger partial charge is 0.149 e. The molecule has 4 rings (SSSR count). The molecule has 0 aliphatic rings. The van der Waals surface area contributed by atoms with E-state index in [-0.39, 0.29) is 6.54 Å². The Labute approximate surface area is 180 Å². The highest BCUT2D eigenvalue weighted by molar-refractivity contribution is 5.72. The third kappa shape index (κ3) is 4.59. The van der Waals surface area contributed by atoms with Gasteiger partial charge in [0.05, 0.1) is 29.6 Å². The maximum Gasteiger partial charge on any atom is 0.149 e. The zero-order chi connectivity index (χ0) is 21.6. The lowest BCUT2D eigenvalue weighted by molar-refractivity contribution is 0.187. The molecule has 6 nitrogen and oxygen atoms in total. The molecule has 3 aromatic carbocycles. The largest absolute Gasteiger partial charge is 0.455 e. The number of nitriles is 1. The first-order valence-corrected chi connectivity index (χ1v) is 9.76. The molecule has 4 aromatic rings. The Kier molecular flexibility index (Phi) is 5.99. The van der Waals surface area contributed by atoms with Crippen LogP contribution in [0.15, 0.2) is 85.1 Å². The fourth-order valence-electron chi connectivity index (χ4n) is 3.22. The summed E-state index contributed by atoms with van der Waals surface area (Å²) in [6.45, 7) is 0.156. The minimum atomic E-state index is -0.704. The van der Waals surface area contributed by atoms with Crippen LogP contribution in [0.4, 0.5) is 0 Å². The summed E-state index contributed by atoms with van der Waals surface area (Å²) >= 11 is 0. The van der Waals surface area contributed by atoms with Gasteiger partial charge in [0.2, 0.25) is 0 Å². The Morgan fingerprint density at radius 3 is 2.45 bits per heavy atom. The van der Waals surface area contributed by atoms with Crippen molar-refractivity contribution in [2.24, 2.45) is 5.73 Å². The lowest BCUT2D eigenvalue weighted by Gasteiger charge is -2.14. The molecule has 0 aliphatic heterocycles. The van der Waals surface area contributed by atoms with Crippen LogP contribution >= 0.6 is 0 Å². The molecule has 1 heterocycles. The molecule has 0 amide bonds. The van der Waals surface area contributed by atoms with Crippen LogP contribution in [0.2, 0.25) is 0 Å². The fourth-order valence-corrected chi connectivity index (χ4v) is 3.22. The van der Waals surface area contributed by atoms with Gasteiger partial charge in [0.1, 0.15) is 11.5 Å². The van der Waals surface area contributed by atoms with Gasteiger partial charge in [-0.15, -0.1) is 0 Å². The molecule has 0 aliphatic carbocycles. The number of hydrogen-bond donors (Lipinski definition) is 2. The first kappa shape index (κ1) is 20.2. The molecule has 0 radical (unpaired) electrons. The van der Waals surface area contributed by atoms with Gasteiger partial charge in [-0.3, -0.25) is 0 Å². The molecular weight excluding hydrogens is 388 g/mol. The minimum absolute atomic E-state index is 0.156. The molecule has 0 saturated heterocycles. The number of hydrogen-bond acceptors (Lipinski definition) is 6. The Morgan fingerprint density at radius 2 is 1.74 bits per heavy atom. The first-order chi connectivity index (χ1) is 15.2. The highest BCUT2D eigenvalue weighted by atomic mass is 16.5. The zero-order valence-corrected chi connectivity index (χ0v) is 16.6. The molecule has 0 saturated carbocycles. The van der Waals surface area contributed by atoms with Gasteiger partial charge in [-0.1, -0.05) is 54.6 Å². The van der Waals surface area contributed by atoms with E-state index in [1.54, 1.807) is 12.1 Å². The first-order valence-electron chi connectivity index (χ1n) is 9.76. The van der Waals surface area contributed by atoms with Crippen LogP contribution in [0.1, 0.15) is 17.2 Å². The van der Waals surface area contributed by atoms with Gasteiger partial charge in [-0.05, 0) is 29.3 Å². The highest BCUT2D eigenvalue weighted by Gasteiger charge is 2.12. The lowest BCUT2D eigenvalue weighted by atomic mass is 10.00. The molecule has 0 bridgehead atoms. The van der Waals surface area contributed by atoms with Crippen LogP contribution in [-0.2, 0) is 0 Å². The number of nitrogens with zero attached hydrogens (tertiary/aromatic N) is 3. The van der Waals surface area contributed by atoms with E-state index >= 15 is 0 Å². The van der Waals surface area contributed by atoms with E-state index in [4.69, 9.17) is 10.5 Å². The average Bonchev–Trinajstić information content (AvgIpc) is 2.84. The second-order valence-electron chi connectivity index (χ2n) is 6.94. The summed E-state index contributed by atoms with van der Waals surface area (Å²) in [7, 11) is 0. The van der Waals surface area contributed by atoms with Crippen LogP contribution in [0.3, 0.4) is 0 Å². The zero-order valence-electron chi connectivity index (χ0n) is 16.6. The fraction of sp³-hybridized carbons (Fsp3) is 0.0800. The van der Waals surface area contributed by atoms with Gasteiger partial charge in [0.15, 0.2) is 0 Å². The van der Waals surface area contributed by atoms with E-state index in [1.807, 2.05) is 66.7 Å². The van der Waals surface area contributed by atoms with Crippen molar-refractivity contribution in [2.45, 2.75) is 6.10 Å². The summed E-state index contributed by atoms with van der Waals surface area (Å²) in [6, 6.07) is 26.4. The average molecular weight is 408 g/mol. The molecule has 0 spiro atoms. The van der Waals surface area contributed by atoms with Crippen molar-refractivity contribution >= 4 is 0 Å². The van der Waals surface area contributed by atoms with E-state index in [2.05, 4.69) is 16.3 Å². The summed E-state index contributed by atoms with van der Waals surface area (Å²) in [5, 5.41) is 27.5. The van der Waals surface area contributed by atoms with Crippen molar-refractivity contribution in [1.29, 1.82) is 5.26 Å². The summed E-state index contributed by atoms with van der Waals surface area (Å²) in [5.41, 5.74) is 10.1. The van der Waals surface area contributed by atoms with Crippen LogP contribution in [-0.4, -0.2) is 21.8 Å². The van der Waals surface area contributed by atoms with Gasteiger partial charge >= 0.3 is 0 Å². The molecule has 31 heavy (non-hydrogen) atoms. The Balaban J connectivity index is 1.69. The quantitative estimate of drug-likeness (QED) is 0.488. The standard InChI is InChI=1S/C25H20N4O2/c26-14-17-6-11-22(18-7-9-20(10-8-18)24(30)15-27)25(12-17)31-21-13-23(29-28-16-21)19-4-2-1-3-5-19/h1-13,16,24,30H,15,27H2. The number of ether oxygens (including phenoxy) is 1. The van der Waals surface area contributed by atoms with E-state index < -0.39 is 6.10 Å².